The van der Waals surface area contributed by atoms with E-state index < -0.39 is 11.3 Å². The second-order valence-corrected chi connectivity index (χ2v) is 21.5. The highest BCUT2D eigenvalue weighted by molar-refractivity contribution is 5.87. The minimum Gasteiger partial charge on any atom is -0.443 e. The monoisotopic (exact) mass is 946 g/mol. The molecule has 2 saturated carbocycles. The lowest BCUT2D eigenvalue weighted by molar-refractivity contribution is -0.155. The predicted molar refractivity (Wildman–Crippen MR) is 266 cm³/mol. The van der Waals surface area contributed by atoms with Crippen molar-refractivity contribution in [2.24, 2.45) is 16.7 Å². The van der Waals surface area contributed by atoms with Crippen molar-refractivity contribution in [1.82, 2.24) is 33.9 Å². The van der Waals surface area contributed by atoms with E-state index in [2.05, 4.69) is 42.8 Å². The molecule has 69 heavy (non-hydrogen) atoms. The molecule has 2 aliphatic carbocycles. The van der Waals surface area contributed by atoms with Crippen LogP contribution in [0.3, 0.4) is 0 Å². The van der Waals surface area contributed by atoms with Crippen molar-refractivity contribution in [2.75, 3.05) is 59.4 Å². The first-order chi connectivity index (χ1) is 33.4. The van der Waals surface area contributed by atoms with Crippen LogP contribution in [0.15, 0.2) is 53.5 Å². The molecule has 0 radical (unpaired) electrons. The third kappa shape index (κ3) is 11.0. The number of aryl methyl sites for hydroxylation is 1. The Bertz CT molecular complexity index is 2550. The van der Waals surface area contributed by atoms with E-state index in [0.29, 0.717) is 57.0 Å². The highest BCUT2D eigenvalue weighted by atomic mass is 16.5. The van der Waals surface area contributed by atoms with Gasteiger partial charge in [0.05, 0.1) is 27.8 Å². The Labute approximate surface area is 407 Å². The Morgan fingerprint density at radius 3 is 2.03 bits per heavy atom. The van der Waals surface area contributed by atoms with Crippen LogP contribution in [0.5, 0.6) is 0 Å². The van der Waals surface area contributed by atoms with Gasteiger partial charge in [0.2, 0.25) is 11.8 Å². The molecule has 1 atom stereocenters. The number of unbranched alkanes of at least 4 members (excludes halogenated alkanes) is 2. The van der Waals surface area contributed by atoms with Gasteiger partial charge in [0.15, 0.2) is 13.5 Å². The molecule has 0 bridgehead atoms. The summed E-state index contributed by atoms with van der Waals surface area (Å²) in [6.07, 6.45) is 15.2. The van der Waals surface area contributed by atoms with Crippen molar-refractivity contribution in [3.63, 3.8) is 0 Å². The van der Waals surface area contributed by atoms with Crippen LogP contribution in [-0.2, 0) is 48.5 Å². The van der Waals surface area contributed by atoms with Crippen LogP contribution in [0.2, 0.25) is 0 Å². The summed E-state index contributed by atoms with van der Waals surface area (Å²) in [5.74, 6) is -0.984. The lowest BCUT2D eigenvalue weighted by Crippen LogP contribution is -2.55. The van der Waals surface area contributed by atoms with Crippen LogP contribution in [0.4, 0.5) is 0 Å². The Morgan fingerprint density at radius 2 is 1.39 bits per heavy atom. The first kappa shape index (κ1) is 48.9. The highest BCUT2D eigenvalue weighted by Gasteiger charge is 2.51. The minimum atomic E-state index is -0.553. The SMILES string of the molecule is CCCCC1(C(=O)OCn2cc3cc(C[C@@H](CC(=O)N4CCC(c5cc6ccccc6n(COC(=O)C6(CCCC)CC6)c5=O)CC4)C(=O)N4CCN(C5CCN(C)CC5)CC4)cc(C)c3n2)CC1. The number of benzene rings is 2. The number of carbonyl (C=O) groups is 4. The van der Waals surface area contributed by atoms with Crippen LogP contribution >= 0.6 is 0 Å². The number of piperidine rings is 2. The number of ether oxygens (including phenoxy) is 2. The third-order valence-corrected chi connectivity index (χ3v) is 16.6. The summed E-state index contributed by atoms with van der Waals surface area (Å²) in [7, 11) is 2.18. The number of hydrogen-bond acceptors (Lipinski definition) is 10. The van der Waals surface area contributed by atoms with Gasteiger partial charge in [0.25, 0.3) is 5.56 Å². The van der Waals surface area contributed by atoms with Crippen molar-refractivity contribution < 1.29 is 28.7 Å². The second kappa shape index (κ2) is 21.1. The molecule has 9 rings (SSSR count). The number of pyridine rings is 1. The van der Waals surface area contributed by atoms with Gasteiger partial charge >= 0.3 is 11.9 Å². The van der Waals surface area contributed by atoms with Crippen LogP contribution in [0.1, 0.15) is 133 Å². The summed E-state index contributed by atoms with van der Waals surface area (Å²) in [6.45, 7) is 12.3. The first-order valence-corrected chi connectivity index (χ1v) is 26.3. The summed E-state index contributed by atoms with van der Waals surface area (Å²) < 4.78 is 15.0. The van der Waals surface area contributed by atoms with E-state index >= 15 is 0 Å². The first-order valence-electron chi connectivity index (χ1n) is 26.3. The molecular weight excluding hydrogens is 871 g/mol. The fourth-order valence-electron chi connectivity index (χ4n) is 11.6. The highest BCUT2D eigenvalue weighted by Crippen LogP contribution is 2.52. The van der Waals surface area contributed by atoms with Gasteiger partial charge in [0.1, 0.15) is 0 Å². The topological polar surface area (TPSA) is 140 Å². The van der Waals surface area contributed by atoms with Crippen molar-refractivity contribution in [3.8, 4) is 0 Å². The summed E-state index contributed by atoms with van der Waals surface area (Å²) in [6, 6.07) is 14.4. The lowest BCUT2D eigenvalue weighted by Gasteiger charge is -2.43. The van der Waals surface area contributed by atoms with E-state index in [-0.39, 0.29) is 60.5 Å². The average molecular weight is 946 g/mol. The number of nitrogens with zero attached hydrogens (tertiary/aromatic N) is 7. The zero-order valence-electron chi connectivity index (χ0n) is 41.7. The zero-order chi connectivity index (χ0) is 48.3. The number of rotatable bonds is 19. The van der Waals surface area contributed by atoms with Crippen molar-refractivity contribution in [1.29, 1.82) is 0 Å². The Balaban J connectivity index is 0.880. The molecule has 3 aliphatic heterocycles. The summed E-state index contributed by atoms with van der Waals surface area (Å²) in [4.78, 5) is 78.5. The Kier molecular flexibility index (Phi) is 15.0. The van der Waals surface area contributed by atoms with E-state index in [9.17, 15) is 24.0 Å². The number of esters is 2. The maximum atomic E-state index is 14.7. The molecule has 0 unspecified atom stereocenters. The number of fused-ring (bicyclic) bond motifs is 2. The zero-order valence-corrected chi connectivity index (χ0v) is 41.7. The smallest absolute Gasteiger partial charge is 0.313 e. The van der Waals surface area contributed by atoms with Crippen molar-refractivity contribution >= 4 is 45.6 Å². The second-order valence-electron chi connectivity index (χ2n) is 21.5. The number of amides is 2. The molecule has 4 aromatic rings. The van der Waals surface area contributed by atoms with Gasteiger partial charge in [-0.05, 0) is 138 Å². The molecule has 5 fully saturated rings. The molecule has 5 heterocycles. The standard InChI is InChI=1S/C55H75N7O7/c1-5-7-17-54(19-20-54)52(66)68-37-61-36-44-33-40(31-39(3)49(44)56-61)32-43(50(64)60-29-27-58(28-30-60)45-15-23-57(4)24-16-45)35-48(63)59-25-13-41(14-26-59)46-34-42-11-9-10-12-47(42)62(51(46)65)38-69-53(67)55(21-22-55)18-8-6-2/h9-12,31,33-34,36,41,43,45H,5-8,13-30,32,35,37-38H2,1-4H3/t43-/m0/s1. The summed E-state index contributed by atoms with van der Waals surface area (Å²) in [5, 5.41) is 6.60. The number of para-hydroxylation sites is 1. The van der Waals surface area contributed by atoms with E-state index in [1.54, 1.807) is 9.25 Å². The van der Waals surface area contributed by atoms with Gasteiger partial charge < -0.3 is 24.2 Å². The molecule has 2 aromatic heterocycles. The van der Waals surface area contributed by atoms with Gasteiger partial charge in [-0.3, -0.25) is 33.4 Å². The maximum Gasteiger partial charge on any atom is 0.313 e. The van der Waals surface area contributed by atoms with Gasteiger partial charge in [-0.25, -0.2) is 4.68 Å². The summed E-state index contributed by atoms with van der Waals surface area (Å²) in [5.41, 5.74) is 3.28. The molecule has 2 amide bonds. The number of carbonyl (C=O) groups excluding carboxylic acids is 4. The maximum absolute atomic E-state index is 14.7. The van der Waals surface area contributed by atoms with Crippen LogP contribution < -0.4 is 5.56 Å². The Morgan fingerprint density at radius 1 is 0.754 bits per heavy atom. The molecule has 0 spiro atoms. The third-order valence-electron chi connectivity index (χ3n) is 16.6. The molecule has 372 valence electrons. The quantitative estimate of drug-likeness (QED) is 0.0857. The molecule has 3 saturated heterocycles. The molecular formula is C55H75N7O7. The predicted octanol–water partition coefficient (Wildman–Crippen LogP) is 7.80. The van der Waals surface area contributed by atoms with E-state index in [1.807, 2.05) is 53.3 Å². The van der Waals surface area contributed by atoms with Gasteiger partial charge in [-0.2, -0.15) is 5.10 Å². The van der Waals surface area contributed by atoms with Crippen LogP contribution in [-0.4, -0.2) is 123 Å². The number of hydrogen-bond donors (Lipinski definition) is 0. The van der Waals surface area contributed by atoms with Crippen LogP contribution in [0.25, 0.3) is 21.8 Å². The van der Waals surface area contributed by atoms with Crippen molar-refractivity contribution in [3.05, 3.63) is 75.7 Å². The Hall–Kier alpha value is -5.08. The molecule has 14 nitrogen and oxygen atoms in total. The number of piperazine rings is 1. The molecule has 0 N–H and O–H groups in total. The lowest BCUT2D eigenvalue weighted by atomic mass is 9.88. The molecule has 5 aliphatic rings. The van der Waals surface area contributed by atoms with Crippen molar-refractivity contribution in [2.45, 2.75) is 149 Å². The van der Waals surface area contributed by atoms with E-state index in [1.165, 1.54) is 0 Å². The fraction of sp³-hybridized carbons (Fsp3) is 0.636. The normalized spacial score (nSPS) is 20.3. The average Bonchev–Trinajstić information content (AvgIpc) is 4.30. The molecule has 14 heteroatoms. The van der Waals surface area contributed by atoms with E-state index in [0.717, 1.165) is 136 Å². The molecule has 2 aromatic carbocycles. The van der Waals surface area contributed by atoms with Gasteiger partial charge in [-0.15, -0.1) is 0 Å². The van der Waals surface area contributed by atoms with Gasteiger partial charge in [0, 0.05) is 68.9 Å². The largest absolute Gasteiger partial charge is 0.443 e. The summed E-state index contributed by atoms with van der Waals surface area (Å²) >= 11 is 0. The van der Waals surface area contributed by atoms with Gasteiger partial charge in [-0.1, -0.05) is 63.8 Å². The fourth-order valence-corrected chi connectivity index (χ4v) is 11.6. The number of aromatic nitrogens is 3. The number of likely N-dealkylation sites (tertiary alicyclic amines) is 2. The minimum absolute atomic E-state index is 0.0223. The van der Waals surface area contributed by atoms with E-state index in [4.69, 9.17) is 14.6 Å². The van der Waals surface area contributed by atoms with Crippen LogP contribution in [0, 0.1) is 23.7 Å².